The van der Waals surface area contributed by atoms with Gasteiger partial charge >= 0.3 is 0 Å². The second-order valence-electron chi connectivity index (χ2n) is 8.18. The molecule has 152 valence electrons. The number of methoxy groups -OCH3 is 1. The number of amides is 1. The number of nitrogens with one attached hydrogen (secondary N) is 2. The fourth-order valence-corrected chi connectivity index (χ4v) is 4.81. The van der Waals surface area contributed by atoms with Crippen LogP contribution in [0, 0.1) is 0 Å². The van der Waals surface area contributed by atoms with E-state index < -0.39 is 0 Å². The molecule has 1 saturated carbocycles. The van der Waals surface area contributed by atoms with Gasteiger partial charge in [-0.05, 0) is 43.4 Å². The van der Waals surface area contributed by atoms with E-state index in [1.807, 2.05) is 18.2 Å². The molecule has 0 bridgehead atoms. The maximum atomic E-state index is 12.6. The van der Waals surface area contributed by atoms with Crippen molar-refractivity contribution >= 4 is 16.8 Å². The first-order valence-electron chi connectivity index (χ1n) is 10.7. The van der Waals surface area contributed by atoms with Crippen LogP contribution in [0.2, 0.25) is 0 Å². The Bertz CT molecular complexity index is 970. The van der Waals surface area contributed by atoms with E-state index in [0.717, 1.165) is 36.9 Å². The smallest absolute Gasteiger partial charge is 0.220 e. The standard InChI is InChI=1S/C25H30N2O2/c1-29-23-13-5-3-11-21(23)25(15-6-7-16-25)18-27-24(28)14-8-9-19-17-26-22-12-4-2-10-20(19)22/h2-5,10-13,17,26H,6-9,14-16,18H2,1H3,(H,27,28). The molecule has 1 heterocycles. The fourth-order valence-electron chi connectivity index (χ4n) is 4.81. The summed E-state index contributed by atoms with van der Waals surface area (Å²) in [4.78, 5) is 15.9. The zero-order valence-corrected chi connectivity index (χ0v) is 17.2. The lowest BCUT2D eigenvalue weighted by Crippen LogP contribution is -2.39. The molecule has 0 unspecified atom stereocenters. The normalized spacial score (nSPS) is 15.5. The second kappa shape index (κ2) is 8.73. The number of hydrogen-bond donors (Lipinski definition) is 2. The van der Waals surface area contributed by atoms with Crippen LogP contribution < -0.4 is 10.1 Å². The summed E-state index contributed by atoms with van der Waals surface area (Å²) in [6.07, 6.45) is 9.00. The van der Waals surface area contributed by atoms with Crippen LogP contribution in [-0.2, 0) is 16.6 Å². The summed E-state index contributed by atoms with van der Waals surface area (Å²) in [7, 11) is 1.73. The van der Waals surface area contributed by atoms with E-state index in [2.05, 4.69) is 46.8 Å². The zero-order chi connectivity index (χ0) is 20.1. The lowest BCUT2D eigenvalue weighted by Gasteiger charge is -2.31. The SMILES string of the molecule is COc1ccccc1C1(CNC(=O)CCCc2c[nH]c3ccccc23)CCCC1. The minimum atomic E-state index is -0.000889. The molecule has 2 N–H and O–H groups in total. The number of aryl methyl sites for hydroxylation is 1. The summed E-state index contributed by atoms with van der Waals surface area (Å²) in [6.45, 7) is 0.694. The minimum Gasteiger partial charge on any atom is -0.496 e. The van der Waals surface area contributed by atoms with Crippen LogP contribution in [-0.4, -0.2) is 24.5 Å². The average molecular weight is 391 g/mol. The Hall–Kier alpha value is -2.75. The molecule has 1 aliphatic carbocycles. The number of fused-ring (bicyclic) bond motifs is 1. The lowest BCUT2D eigenvalue weighted by molar-refractivity contribution is -0.121. The van der Waals surface area contributed by atoms with Gasteiger partial charge in [0.05, 0.1) is 7.11 Å². The number of carbonyl (C=O) groups excluding carboxylic acids is 1. The lowest BCUT2D eigenvalue weighted by atomic mass is 9.78. The third kappa shape index (κ3) is 4.16. The number of aromatic amines is 1. The van der Waals surface area contributed by atoms with Crippen molar-refractivity contribution in [2.75, 3.05) is 13.7 Å². The van der Waals surface area contributed by atoms with Gasteiger partial charge in [-0.2, -0.15) is 0 Å². The van der Waals surface area contributed by atoms with Crippen molar-refractivity contribution in [3.63, 3.8) is 0 Å². The first-order chi connectivity index (χ1) is 14.2. The van der Waals surface area contributed by atoms with E-state index >= 15 is 0 Å². The molecule has 1 aromatic heterocycles. The van der Waals surface area contributed by atoms with Gasteiger partial charge in [0.15, 0.2) is 0 Å². The maximum Gasteiger partial charge on any atom is 0.220 e. The van der Waals surface area contributed by atoms with Crippen LogP contribution in [0.5, 0.6) is 5.75 Å². The van der Waals surface area contributed by atoms with Crippen LogP contribution in [0.3, 0.4) is 0 Å². The van der Waals surface area contributed by atoms with Gasteiger partial charge in [-0.3, -0.25) is 4.79 Å². The summed E-state index contributed by atoms with van der Waals surface area (Å²) in [5.74, 6) is 1.08. The van der Waals surface area contributed by atoms with Crippen molar-refractivity contribution in [1.29, 1.82) is 0 Å². The van der Waals surface area contributed by atoms with Crippen molar-refractivity contribution in [2.45, 2.75) is 50.4 Å². The Morgan fingerprint density at radius 1 is 1.10 bits per heavy atom. The van der Waals surface area contributed by atoms with Gasteiger partial charge in [-0.25, -0.2) is 0 Å². The first kappa shape index (κ1) is 19.6. The predicted octanol–water partition coefficient (Wildman–Crippen LogP) is 5.13. The van der Waals surface area contributed by atoms with E-state index in [1.165, 1.54) is 29.4 Å². The number of rotatable bonds is 8. The van der Waals surface area contributed by atoms with Crippen molar-refractivity contribution in [1.82, 2.24) is 10.3 Å². The number of hydrogen-bond acceptors (Lipinski definition) is 2. The van der Waals surface area contributed by atoms with Crippen molar-refractivity contribution in [2.24, 2.45) is 0 Å². The van der Waals surface area contributed by atoms with Crippen molar-refractivity contribution < 1.29 is 9.53 Å². The molecule has 4 rings (SSSR count). The molecular weight excluding hydrogens is 360 g/mol. The highest BCUT2D eigenvalue weighted by Gasteiger charge is 2.37. The molecule has 2 aromatic carbocycles. The molecule has 0 aliphatic heterocycles. The number of aromatic nitrogens is 1. The van der Waals surface area contributed by atoms with Gasteiger partial charge < -0.3 is 15.0 Å². The van der Waals surface area contributed by atoms with Gasteiger partial charge in [0.1, 0.15) is 5.75 Å². The highest BCUT2D eigenvalue weighted by molar-refractivity contribution is 5.83. The van der Waals surface area contributed by atoms with Crippen molar-refractivity contribution in [3.8, 4) is 5.75 Å². The highest BCUT2D eigenvalue weighted by atomic mass is 16.5. The highest BCUT2D eigenvalue weighted by Crippen LogP contribution is 2.44. The molecule has 1 fully saturated rings. The molecule has 4 heteroatoms. The van der Waals surface area contributed by atoms with E-state index in [9.17, 15) is 4.79 Å². The summed E-state index contributed by atoms with van der Waals surface area (Å²) < 4.78 is 5.62. The topological polar surface area (TPSA) is 54.1 Å². The minimum absolute atomic E-state index is 0.000889. The third-order valence-corrected chi connectivity index (χ3v) is 6.39. The number of H-pyrrole nitrogens is 1. The van der Waals surface area contributed by atoms with Gasteiger partial charge in [0.2, 0.25) is 5.91 Å². The van der Waals surface area contributed by atoms with Crippen LogP contribution in [0.1, 0.15) is 49.7 Å². The monoisotopic (exact) mass is 390 g/mol. The van der Waals surface area contributed by atoms with E-state index in [0.29, 0.717) is 13.0 Å². The quantitative estimate of drug-likeness (QED) is 0.560. The van der Waals surface area contributed by atoms with Crippen LogP contribution in [0.15, 0.2) is 54.7 Å². The summed E-state index contributed by atoms with van der Waals surface area (Å²) in [6, 6.07) is 16.6. The van der Waals surface area contributed by atoms with Gasteiger partial charge in [-0.1, -0.05) is 49.2 Å². The Balaban J connectivity index is 1.34. The molecule has 4 nitrogen and oxygen atoms in total. The van der Waals surface area contributed by atoms with Crippen LogP contribution in [0.25, 0.3) is 10.9 Å². The predicted molar refractivity (Wildman–Crippen MR) is 117 cm³/mol. The Kier molecular flexibility index (Phi) is 5.89. The molecule has 1 aliphatic rings. The van der Waals surface area contributed by atoms with Gasteiger partial charge in [0, 0.05) is 41.0 Å². The molecular formula is C25H30N2O2. The van der Waals surface area contributed by atoms with Crippen LogP contribution >= 0.6 is 0 Å². The second-order valence-corrected chi connectivity index (χ2v) is 8.18. The number of para-hydroxylation sites is 2. The summed E-state index contributed by atoms with van der Waals surface area (Å²) >= 11 is 0. The van der Waals surface area contributed by atoms with Gasteiger partial charge in [-0.15, -0.1) is 0 Å². The van der Waals surface area contributed by atoms with Crippen molar-refractivity contribution in [3.05, 3.63) is 65.9 Å². The molecule has 0 saturated heterocycles. The first-order valence-corrected chi connectivity index (χ1v) is 10.7. The number of carbonyl (C=O) groups is 1. The third-order valence-electron chi connectivity index (χ3n) is 6.39. The Morgan fingerprint density at radius 2 is 1.86 bits per heavy atom. The molecule has 0 atom stereocenters. The summed E-state index contributed by atoms with van der Waals surface area (Å²) in [5, 5.41) is 4.49. The molecule has 29 heavy (non-hydrogen) atoms. The molecule has 0 radical (unpaired) electrons. The Morgan fingerprint density at radius 3 is 2.69 bits per heavy atom. The van der Waals surface area contributed by atoms with E-state index in [1.54, 1.807) is 7.11 Å². The van der Waals surface area contributed by atoms with Gasteiger partial charge in [0.25, 0.3) is 0 Å². The maximum absolute atomic E-state index is 12.6. The van der Waals surface area contributed by atoms with E-state index in [-0.39, 0.29) is 11.3 Å². The molecule has 1 amide bonds. The largest absolute Gasteiger partial charge is 0.496 e. The zero-order valence-electron chi connectivity index (χ0n) is 17.2. The Labute approximate surface area is 172 Å². The number of ether oxygens (including phenoxy) is 1. The summed E-state index contributed by atoms with van der Waals surface area (Å²) in [5.41, 5.74) is 3.68. The fraction of sp³-hybridized carbons (Fsp3) is 0.400. The number of benzene rings is 2. The van der Waals surface area contributed by atoms with Crippen LogP contribution in [0.4, 0.5) is 0 Å². The van der Waals surface area contributed by atoms with E-state index in [4.69, 9.17) is 4.74 Å². The average Bonchev–Trinajstić information content (AvgIpc) is 3.40. The molecule has 0 spiro atoms. The molecule has 3 aromatic rings.